The van der Waals surface area contributed by atoms with Gasteiger partial charge in [0.05, 0.1) is 32.0 Å². The van der Waals surface area contributed by atoms with E-state index < -0.39 is 72.9 Å². The molecule has 10 N–H and O–H groups in total. The molecule has 3 aliphatic heterocycles. The minimum atomic E-state index is -2.29. The lowest BCUT2D eigenvalue weighted by Crippen LogP contribution is -2.45. The normalized spacial score (nSPS) is 27.3. The SMILES string of the molecule is CC(C)(CCSc1nc2c(=O)[nH]c(N)nc2n1C1OC2COPOC2C1O)OCC(C)(C)Sc1nc2c(=O)[nH]c(N)nc2n1C[C@@H](O)C1OP(O)OCC1O. The number of nitrogens with two attached hydrogens (primary N) is 2. The van der Waals surface area contributed by atoms with Crippen LogP contribution in [0.15, 0.2) is 19.9 Å². The molecular formula is C29H42N10O12P2S2. The lowest BCUT2D eigenvalue weighted by molar-refractivity contribution is -0.0956. The number of hydrogen-bond donors (Lipinski definition) is 8. The van der Waals surface area contributed by atoms with Gasteiger partial charge in [-0.25, -0.2) is 9.97 Å². The first kappa shape index (κ1) is 40.6. The summed E-state index contributed by atoms with van der Waals surface area (Å²) in [6.07, 6.45) is -6.41. The number of fused-ring (bicyclic) bond motifs is 3. The molecule has 9 atom stereocenters. The third-order valence-corrected chi connectivity index (χ3v) is 12.6. The van der Waals surface area contributed by atoms with Crippen molar-refractivity contribution in [2.24, 2.45) is 0 Å². The topological polar surface area (TPSA) is 315 Å². The van der Waals surface area contributed by atoms with Gasteiger partial charge in [0, 0.05) is 10.5 Å². The molecule has 22 nitrogen and oxygen atoms in total. The van der Waals surface area contributed by atoms with Crippen molar-refractivity contribution in [3.05, 3.63) is 20.7 Å². The van der Waals surface area contributed by atoms with Crippen LogP contribution in [-0.2, 0) is 34.1 Å². The Labute approximate surface area is 323 Å². The number of aliphatic hydroxyl groups is 3. The molecule has 7 rings (SSSR count). The summed E-state index contributed by atoms with van der Waals surface area (Å²) in [4.78, 5) is 58.0. The van der Waals surface area contributed by atoms with E-state index in [-0.39, 0.29) is 69.6 Å². The van der Waals surface area contributed by atoms with Crippen LogP contribution in [0, 0.1) is 0 Å². The molecule has 4 aromatic rings. The highest BCUT2D eigenvalue weighted by molar-refractivity contribution is 8.00. The summed E-state index contributed by atoms with van der Waals surface area (Å²) >= 11 is 2.61. The first-order valence-electron chi connectivity index (χ1n) is 17.0. The Morgan fingerprint density at radius 1 is 1.04 bits per heavy atom. The monoisotopic (exact) mass is 848 g/mol. The van der Waals surface area contributed by atoms with Gasteiger partial charge in [0.25, 0.3) is 11.1 Å². The van der Waals surface area contributed by atoms with Gasteiger partial charge in [-0.3, -0.25) is 24.1 Å². The molecule has 4 aromatic heterocycles. The van der Waals surface area contributed by atoms with Crippen molar-refractivity contribution in [2.45, 2.75) is 104 Å². The quantitative estimate of drug-likeness (QED) is 0.0653. The molecule has 0 spiro atoms. The third-order valence-electron chi connectivity index (χ3n) is 8.99. The highest BCUT2D eigenvalue weighted by Crippen LogP contribution is 2.43. The van der Waals surface area contributed by atoms with Crippen LogP contribution in [0.2, 0.25) is 0 Å². The largest absolute Gasteiger partial charge is 0.388 e. The Hall–Kier alpha value is -2.54. The number of rotatable bonds is 13. The van der Waals surface area contributed by atoms with Crippen LogP contribution in [0.3, 0.4) is 0 Å². The van der Waals surface area contributed by atoms with Crippen LogP contribution in [0.1, 0.15) is 40.3 Å². The average molecular weight is 849 g/mol. The molecule has 0 aromatic carbocycles. The van der Waals surface area contributed by atoms with Gasteiger partial charge in [-0.05, 0) is 34.1 Å². The number of anilines is 2. The van der Waals surface area contributed by atoms with Crippen molar-refractivity contribution >= 4 is 75.4 Å². The Morgan fingerprint density at radius 3 is 2.42 bits per heavy atom. The lowest BCUT2D eigenvalue weighted by Gasteiger charge is -2.33. The van der Waals surface area contributed by atoms with Gasteiger partial charge in [-0.1, -0.05) is 23.5 Å². The van der Waals surface area contributed by atoms with Gasteiger partial charge in [-0.2, -0.15) is 9.97 Å². The van der Waals surface area contributed by atoms with Crippen LogP contribution < -0.4 is 22.6 Å². The Kier molecular flexibility index (Phi) is 11.8. The fourth-order valence-corrected chi connectivity index (χ4v) is 9.96. The van der Waals surface area contributed by atoms with Gasteiger partial charge in [0.1, 0.15) is 36.6 Å². The minimum Gasteiger partial charge on any atom is -0.388 e. The molecule has 302 valence electrons. The zero-order valence-corrected chi connectivity index (χ0v) is 33.5. The van der Waals surface area contributed by atoms with E-state index in [0.717, 1.165) is 0 Å². The molecule has 0 bridgehead atoms. The fourth-order valence-electron chi connectivity index (χ4n) is 6.14. The Balaban J connectivity index is 1.04. The number of aromatic amines is 2. The van der Waals surface area contributed by atoms with Gasteiger partial charge < -0.3 is 63.8 Å². The smallest absolute Gasteiger partial charge is 0.330 e. The van der Waals surface area contributed by atoms with E-state index in [1.165, 1.54) is 28.1 Å². The standard InChI is InChI=1S/C29H42N10O12P2S2/c1-28(2,5-6-54-27-33-15-20(35-25(31)37-22(15)44)39(27)23-16(42)18-13(49-23)9-47-52-50-18)46-10-29(3,4)55-26-32-14-19(34-24(30)36-21(14)43)38(26)7-11(40)17-12(41)8-48-53(45)51-17/h11-13,16-18,23,40-42,45,52H,5-10H2,1-4H3,(H3,30,34,36,43)(H3,31,35,37,44)/t11-,12?,13?,16?,17?,18?,23?,53?/m1/s1. The van der Waals surface area contributed by atoms with Crippen molar-refractivity contribution in [1.29, 1.82) is 0 Å². The number of ether oxygens (including phenoxy) is 2. The number of hydrogen-bond acceptors (Lipinski definition) is 20. The summed E-state index contributed by atoms with van der Waals surface area (Å²) in [5.41, 5.74) is 10.3. The van der Waals surface area contributed by atoms with Crippen LogP contribution >= 0.6 is 41.2 Å². The number of nitrogens with zero attached hydrogens (tertiary/aromatic N) is 6. The first-order chi connectivity index (χ1) is 26.0. The van der Waals surface area contributed by atoms with Gasteiger partial charge >= 0.3 is 8.60 Å². The molecule has 55 heavy (non-hydrogen) atoms. The third kappa shape index (κ3) is 8.68. The van der Waals surface area contributed by atoms with Crippen molar-refractivity contribution in [1.82, 2.24) is 39.0 Å². The van der Waals surface area contributed by atoms with Gasteiger partial charge in [0.2, 0.25) is 11.9 Å². The van der Waals surface area contributed by atoms with Gasteiger partial charge in [0.15, 0.2) is 47.9 Å². The van der Waals surface area contributed by atoms with Crippen molar-refractivity contribution < 1.29 is 47.8 Å². The van der Waals surface area contributed by atoms with E-state index in [0.29, 0.717) is 22.5 Å². The molecule has 0 amide bonds. The molecule has 0 saturated carbocycles. The second-order valence-corrected chi connectivity index (χ2v) is 18.7. The van der Waals surface area contributed by atoms with E-state index in [1.54, 1.807) is 4.57 Å². The van der Waals surface area contributed by atoms with Crippen molar-refractivity contribution in [3.8, 4) is 0 Å². The first-order valence-corrected chi connectivity index (χ1v) is 20.8. The van der Waals surface area contributed by atoms with Crippen LogP contribution in [0.25, 0.3) is 22.3 Å². The summed E-state index contributed by atoms with van der Waals surface area (Å²) in [6, 6.07) is 0. The molecule has 0 aliphatic carbocycles. The van der Waals surface area contributed by atoms with E-state index in [4.69, 9.17) is 39.0 Å². The predicted molar refractivity (Wildman–Crippen MR) is 201 cm³/mol. The van der Waals surface area contributed by atoms with Gasteiger partial charge in [-0.15, -0.1) is 0 Å². The highest BCUT2D eigenvalue weighted by atomic mass is 32.2. The van der Waals surface area contributed by atoms with Crippen LogP contribution in [0.5, 0.6) is 0 Å². The maximum atomic E-state index is 12.8. The zero-order valence-electron chi connectivity index (χ0n) is 29.9. The van der Waals surface area contributed by atoms with Crippen molar-refractivity contribution in [2.75, 3.05) is 37.0 Å². The molecule has 7 heterocycles. The lowest BCUT2D eigenvalue weighted by atomic mass is 10.1. The average Bonchev–Trinajstić information content (AvgIpc) is 3.75. The number of H-pyrrole nitrogens is 2. The second-order valence-electron chi connectivity index (χ2n) is 14.3. The second kappa shape index (κ2) is 16.0. The summed E-state index contributed by atoms with van der Waals surface area (Å²) in [5, 5.41) is 33.4. The molecule has 26 heteroatoms. The molecule has 3 fully saturated rings. The van der Waals surface area contributed by atoms with E-state index in [1.807, 2.05) is 27.7 Å². The maximum absolute atomic E-state index is 12.8. The molecule has 0 radical (unpaired) electrons. The highest BCUT2D eigenvalue weighted by Gasteiger charge is 2.49. The number of aromatic nitrogens is 8. The van der Waals surface area contributed by atoms with Crippen LogP contribution in [-0.4, -0.2) is 132 Å². The number of aliphatic hydroxyl groups excluding tert-OH is 3. The summed E-state index contributed by atoms with van der Waals surface area (Å²) in [5.74, 6) is 0.223. The van der Waals surface area contributed by atoms with E-state index in [9.17, 15) is 29.8 Å². The Bertz CT molecular complexity index is 2150. The van der Waals surface area contributed by atoms with E-state index >= 15 is 0 Å². The van der Waals surface area contributed by atoms with Crippen molar-refractivity contribution in [3.63, 3.8) is 0 Å². The molecular weight excluding hydrogens is 806 g/mol. The number of thioether (sulfide) groups is 2. The number of imidazole rings is 2. The maximum Gasteiger partial charge on any atom is 0.330 e. The fraction of sp³-hybridized carbons (Fsp3) is 0.655. The Morgan fingerprint density at radius 2 is 1.71 bits per heavy atom. The molecule has 3 saturated heterocycles. The minimum absolute atomic E-state index is 0.00255. The summed E-state index contributed by atoms with van der Waals surface area (Å²) < 4.78 is 36.3. The molecule has 3 aliphatic rings. The summed E-state index contributed by atoms with van der Waals surface area (Å²) in [6.45, 7) is 7.75. The summed E-state index contributed by atoms with van der Waals surface area (Å²) in [7, 11) is -2.52. The predicted octanol–water partition coefficient (Wildman–Crippen LogP) is 0.104. The number of nitrogen functional groups attached to an aromatic ring is 2. The number of nitrogens with one attached hydrogen (secondary N) is 2. The molecule has 8 unspecified atom stereocenters. The zero-order chi connectivity index (χ0) is 39.4. The van der Waals surface area contributed by atoms with E-state index in [2.05, 4.69) is 29.9 Å². The van der Waals surface area contributed by atoms with Crippen LogP contribution in [0.4, 0.5) is 11.9 Å².